The summed E-state index contributed by atoms with van der Waals surface area (Å²) in [6, 6.07) is 16.0. The molecule has 0 unspecified atom stereocenters. The molecular formula is C22H25ClN4O. The molecule has 5 nitrogen and oxygen atoms in total. The van der Waals surface area contributed by atoms with Crippen molar-refractivity contribution in [2.24, 2.45) is 0 Å². The second-order valence-electron chi connectivity index (χ2n) is 6.92. The number of carbonyl (C=O) groups is 1. The summed E-state index contributed by atoms with van der Waals surface area (Å²) >= 11 is 0. The van der Waals surface area contributed by atoms with Gasteiger partial charge < -0.3 is 15.5 Å². The standard InChI is InChI=1S/C22H24N4O.ClH/c27-22(25-21-6-4-5-18-16-23-12-11-20(18)21)24-15-17-7-9-19(10-8-17)26-13-2-1-3-14-26;/h4-12,16H,1-3,13-15H2,(H2,24,25,27);1H. The Morgan fingerprint density at radius 1 is 1.00 bits per heavy atom. The van der Waals surface area contributed by atoms with Gasteiger partial charge >= 0.3 is 6.03 Å². The van der Waals surface area contributed by atoms with Crippen LogP contribution >= 0.6 is 12.4 Å². The van der Waals surface area contributed by atoms with E-state index >= 15 is 0 Å². The smallest absolute Gasteiger partial charge is 0.319 e. The lowest BCUT2D eigenvalue weighted by atomic mass is 10.1. The fourth-order valence-electron chi connectivity index (χ4n) is 3.56. The number of nitrogens with zero attached hydrogens (tertiary/aromatic N) is 2. The summed E-state index contributed by atoms with van der Waals surface area (Å²) in [4.78, 5) is 18.8. The number of rotatable bonds is 4. The number of amides is 2. The van der Waals surface area contributed by atoms with Gasteiger partial charge in [-0.1, -0.05) is 24.3 Å². The Bertz CT molecular complexity index is 918. The molecule has 0 atom stereocenters. The van der Waals surface area contributed by atoms with Gasteiger partial charge in [-0.3, -0.25) is 4.98 Å². The van der Waals surface area contributed by atoms with Crippen LogP contribution in [0.15, 0.2) is 60.9 Å². The molecule has 28 heavy (non-hydrogen) atoms. The first-order valence-electron chi connectivity index (χ1n) is 9.51. The van der Waals surface area contributed by atoms with Crippen LogP contribution in [0.3, 0.4) is 0 Å². The molecule has 0 saturated carbocycles. The molecule has 1 aliphatic rings. The predicted octanol–water partition coefficient (Wildman–Crippen LogP) is 4.97. The Kier molecular flexibility index (Phi) is 6.71. The summed E-state index contributed by atoms with van der Waals surface area (Å²) in [6.45, 7) is 2.78. The first-order valence-corrected chi connectivity index (χ1v) is 9.51. The predicted molar refractivity (Wildman–Crippen MR) is 117 cm³/mol. The molecule has 1 fully saturated rings. The number of piperidine rings is 1. The summed E-state index contributed by atoms with van der Waals surface area (Å²) in [5, 5.41) is 7.85. The van der Waals surface area contributed by atoms with Crippen molar-refractivity contribution in [3.63, 3.8) is 0 Å². The highest BCUT2D eigenvalue weighted by Crippen LogP contribution is 2.22. The molecular weight excluding hydrogens is 372 g/mol. The Labute approximate surface area is 171 Å². The van der Waals surface area contributed by atoms with Crippen molar-refractivity contribution in [3.8, 4) is 0 Å². The average molecular weight is 397 g/mol. The van der Waals surface area contributed by atoms with Crippen molar-refractivity contribution in [1.82, 2.24) is 10.3 Å². The van der Waals surface area contributed by atoms with E-state index in [0.717, 1.165) is 35.1 Å². The number of anilines is 2. The number of benzene rings is 2. The first kappa shape index (κ1) is 20.0. The number of halogens is 1. The molecule has 0 bridgehead atoms. The van der Waals surface area contributed by atoms with Gasteiger partial charge in [0.25, 0.3) is 0 Å². The van der Waals surface area contributed by atoms with Gasteiger partial charge in [-0.15, -0.1) is 12.4 Å². The molecule has 2 heterocycles. The minimum atomic E-state index is -0.209. The van der Waals surface area contributed by atoms with E-state index in [2.05, 4.69) is 44.8 Å². The third-order valence-corrected chi connectivity index (χ3v) is 5.04. The molecule has 2 aromatic carbocycles. The Balaban J connectivity index is 0.00000225. The molecule has 2 amide bonds. The zero-order chi connectivity index (χ0) is 18.5. The zero-order valence-corrected chi connectivity index (χ0v) is 16.5. The second-order valence-corrected chi connectivity index (χ2v) is 6.92. The van der Waals surface area contributed by atoms with Crippen molar-refractivity contribution in [1.29, 1.82) is 0 Å². The van der Waals surface area contributed by atoms with Crippen molar-refractivity contribution in [3.05, 3.63) is 66.5 Å². The molecule has 0 spiro atoms. The van der Waals surface area contributed by atoms with E-state index in [1.54, 1.807) is 12.4 Å². The normalized spacial score (nSPS) is 13.6. The number of hydrogen-bond acceptors (Lipinski definition) is 3. The average Bonchev–Trinajstić information content (AvgIpc) is 2.74. The highest BCUT2D eigenvalue weighted by Gasteiger charge is 2.11. The zero-order valence-electron chi connectivity index (χ0n) is 15.7. The molecule has 0 aliphatic carbocycles. The molecule has 0 radical (unpaired) electrons. The van der Waals surface area contributed by atoms with Crippen molar-refractivity contribution < 1.29 is 4.79 Å². The summed E-state index contributed by atoms with van der Waals surface area (Å²) in [7, 11) is 0. The number of aromatic nitrogens is 1. The SMILES string of the molecule is Cl.O=C(NCc1ccc(N2CCCCC2)cc1)Nc1cccc2cnccc12. The van der Waals surface area contributed by atoms with E-state index in [-0.39, 0.29) is 18.4 Å². The van der Waals surface area contributed by atoms with E-state index in [0.29, 0.717) is 6.54 Å². The Morgan fingerprint density at radius 3 is 2.57 bits per heavy atom. The first-order chi connectivity index (χ1) is 13.3. The van der Waals surface area contributed by atoms with Gasteiger partial charge in [-0.25, -0.2) is 4.79 Å². The lowest BCUT2D eigenvalue weighted by Gasteiger charge is -2.28. The third-order valence-electron chi connectivity index (χ3n) is 5.04. The molecule has 146 valence electrons. The van der Waals surface area contributed by atoms with E-state index < -0.39 is 0 Å². The molecule has 1 aliphatic heterocycles. The van der Waals surface area contributed by atoms with Gasteiger partial charge in [0.1, 0.15) is 0 Å². The Morgan fingerprint density at radius 2 is 1.79 bits per heavy atom. The van der Waals surface area contributed by atoms with E-state index in [4.69, 9.17) is 0 Å². The van der Waals surface area contributed by atoms with Crippen LogP contribution < -0.4 is 15.5 Å². The fraction of sp³-hybridized carbons (Fsp3) is 0.273. The minimum absolute atomic E-state index is 0. The number of carbonyl (C=O) groups excluding carboxylic acids is 1. The van der Waals surface area contributed by atoms with Crippen LogP contribution in [-0.2, 0) is 6.54 Å². The largest absolute Gasteiger partial charge is 0.372 e. The number of urea groups is 1. The van der Waals surface area contributed by atoms with Crippen LogP contribution in [-0.4, -0.2) is 24.1 Å². The van der Waals surface area contributed by atoms with Gasteiger partial charge in [-0.05, 0) is 49.1 Å². The van der Waals surface area contributed by atoms with Crippen LogP contribution in [0.2, 0.25) is 0 Å². The summed E-state index contributed by atoms with van der Waals surface area (Å²) in [6.07, 6.45) is 7.40. The lowest BCUT2D eigenvalue weighted by Crippen LogP contribution is -2.29. The summed E-state index contributed by atoms with van der Waals surface area (Å²) in [5.74, 6) is 0. The third kappa shape index (κ3) is 4.73. The fourth-order valence-corrected chi connectivity index (χ4v) is 3.56. The molecule has 6 heteroatoms. The van der Waals surface area contributed by atoms with Crippen LogP contribution in [0, 0.1) is 0 Å². The van der Waals surface area contributed by atoms with Crippen LogP contribution in [0.25, 0.3) is 10.8 Å². The van der Waals surface area contributed by atoms with E-state index in [9.17, 15) is 4.79 Å². The summed E-state index contributed by atoms with van der Waals surface area (Å²) in [5.41, 5.74) is 3.15. The van der Waals surface area contributed by atoms with Crippen molar-refractivity contribution >= 4 is 40.6 Å². The van der Waals surface area contributed by atoms with Gasteiger partial charge in [0.15, 0.2) is 0 Å². The second kappa shape index (κ2) is 9.42. The quantitative estimate of drug-likeness (QED) is 0.654. The van der Waals surface area contributed by atoms with E-state index in [1.165, 1.54) is 24.9 Å². The van der Waals surface area contributed by atoms with Gasteiger partial charge in [0.05, 0.1) is 5.69 Å². The van der Waals surface area contributed by atoms with E-state index in [1.807, 2.05) is 24.3 Å². The number of hydrogen-bond donors (Lipinski definition) is 2. The Hall–Kier alpha value is -2.79. The van der Waals surface area contributed by atoms with Crippen LogP contribution in [0.4, 0.5) is 16.2 Å². The number of nitrogens with one attached hydrogen (secondary N) is 2. The highest BCUT2D eigenvalue weighted by atomic mass is 35.5. The monoisotopic (exact) mass is 396 g/mol. The van der Waals surface area contributed by atoms with Crippen LogP contribution in [0.1, 0.15) is 24.8 Å². The maximum Gasteiger partial charge on any atom is 0.319 e. The molecule has 4 rings (SSSR count). The maximum atomic E-state index is 12.3. The molecule has 3 aromatic rings. The minimum Gasteiger partial charge on any atom is -0.372 e. The number of fused-ring (bicyclic) bond motifs is 1. The van der Waals surface area contributed by atoms with Crippen molar-refractivity contribution in [2.45, 2.75) is 25.8 Å². The maximum absolute atomic E-state index is 12.3. The highest BCUT2D eigenvalue weighted by molar-refractivity contribution is 6.01. The summed E-state index contributed by atoms with van der Waals surface area (Å²) < 4.78 is 0. The van der Waals surface area contributed by atoms with Crippen molar-refractivity contribution in [2.75, 3.05) is 23.3 Å². The molecule has 1 saturated heterocycles. The van der Waals surface area contributed by atoms with Gasteiger partial charge in [-0.2, -0.15) is 0 Å². The number of pyridine rings is 1. The van der Waals surface area contributed by atoms with Gasteiger partial charge in [0, 0.05) is 48.5 Å². The molecule has 1 aromatic heterocycles. The topological polar surface area (TPSA) is 57.3 Å². The lowest BCUT2D eigenvalue weighted by molar-refractivity contribution is 0.252. The van der Waals surface area contributed by atoms with Crippen LogP contribution in [0.5, 0.6) is 0 Å². The molecule has 2 N–H and O–H groups in total. The van der Waals surface area contributed by atoms with Gasteiger partial charge in [0.2, 0.25) is 0 Å².